The summed E-state index contributed by atoms with van der Waals surface area (Å²) in [4.78, 5) is 27.6. The average molecular weight is 455 g/mol. The van der Waals surface area contributed by atoms with Crippen LogP contribution in [0.3, 0.4) is 0 Å². The fourth-order valence-corrected chi connectivity index (χ4v) is 3.70. The van der Waals surface area contributed by atoms with E-state index in [4.69, 9.17) is 0 Å². The molecule has 4 N–H and O–H groups in total. The minimum atomic E-state index is -3.65. The average Bonchev–Trinajstić information content (AvgIpc) is 2.73. The molecule has 166 valence electrons. The molecule has 32 heavy (non-hydrogen) atoms. The maximum absolute atomic E-state index is 12.2. The number of rotatable bonds is 8. The number of nitrogens with one attached hydrogen (secondary N) is 3. The van der Waals surface area contributed by atoms with Crippen molar-refractivity contribution in [1.29, 1.82) is 0 Å². The van der Waals surface area contributed by atoms with Gasteiger partial charge < -0.3 is 10.4 Å². The van der Waals surface area contributed by atoms with Gasteiger partial charge in [-0.15, -0.1) is 0 Å². The van der Waals surface area contributed by atoms with Gasteiger partial charge in [0.2, 0.25) is 10.0 Å². The molecule has 10 heteroatoms. The van der Waals surface area contributed by atoms with E-state index in [1.807, 2.05) is 18.2 Å². The lowest BCUT2D eigenvalue weighted by Gasteiger charge is -2.13. The second-order valence-electron chi connectivity index (χ2n) is 7.06. The van der Waals surface area contributed by atoms with Crippen LogP contribution in [0.25, 0.3) is 11.1 Å². The van der Waals surface area contributed by atoms with Gasteiger partial charge in [0, 0.05) is 11.9 Å². The molecule has 0 unspecified atom stereocenters. The minimum absolute atomic E-state index is 0.0119. The molecule has 3 rings (SSSR count). The van der Waals surface area contributed by atoms with Crippen LogP contribution in [0.5, 0.6) is 0 Å². The molecule has 0 spiro atoms. The minimum Gasteiger partial charge on any atom is -0.480 e. The van der Waals surface area contributed by atoms with Gasteiger partial charge in [0.15, 0.2) is 0 Å². The van der Waals surface area contributed by atoms with Crippen LogP contribution in [0.15, 0.2) is 72.9 Å². The summed E-state index contributed by atoms with van der Waals surface area (Å²) in [6, 6.07) is 17.9. The number of hydrogen-bond donors (Lipinski definition) is 4. The molecule has 0 fully saturated rings. The van der Waals surface area contributed by atoms with Crippen molar-refractivity contribution in [2.24, 2.45) is 0 Å². The van der Waals surface area contributed by atoms with E-state index in [0.717, 1.165) is 17.4 Å². The number of aliphatic carboxylic acids is 1. The van der Waals surface area contributed by atoms with Crippen LogP contribution in [-0.2, 0) is 21.2 Å². The highest BCUT2D eigenvalue weighted by Gasteiger charge is 2.21. The van der Waals surface area contributed by atoms with Gasteiger partial charge in [-0.1, -0.05) is 42.5 Å². The van der Waals surface area contributed by atoms with Crippen LogP contribution < -0.4 is 15.4 Å². The van der Waals surface area contributed by atoms with E-state index in [2.05, 4.69) is 20.3 Å². The molecule has 3 aromatic rings. The molecule has 9 nitrogen and oxygen atoms in total. The number of nitrogens with zero attached hydrogens (tertiary/aromatic N) is 1. The van der Waals surface area contributed by atoms with Gasteiger partial charge in [-0.2, -0.15) is 0 Å². The predicted octanol–water partition coefficient (Wildman–Crippen LogP) is 2.94. The quantitative estimate of drug-likeness (QED) is 0.413. The Balaban J connectivity index is 1.68. The molecular weight excluding hydrogens is 432 g/mol. The van der Waals surface area contributed by atoms with E-state index >= 15 is 0 Å². The number of aromatic nitrogens is 1. The van der Waals surface area contributed by atoms with Crippen molar-refractivity contribution < 1.29 is 23.1 Å². The number of anilines is 2. The third-order valence-corrected chi connectivity index (χ3v) is 5.12. The van der Waals surface area contributed by atoms with Gasteiger partial charge in [0.1, 0.15) is 11.9 Å². The highest BCUT2D eigenvalue weighted by Crippen LogP contribution is 2.23. The number of carboxylic acids is 1. The topological polar surface area (TPSA) is 137 Å². The van der Waals surface area contributed by atoms with Gasteiger partial charge in [0.25, 0.3) is 0 Å². The Morgan fingerprint density at radius 1 is 0.969 bits per heavy atom. The molecule has 2 amide bonds. The predicted molar refractivity (Wildman–Crippen MR) is 122 cm³/mol. The zero-order valence-corrected chi connectivity index (χ0v) is 18.0. The summed E-state index contributed by atoms with van der Waals surface area (Å²) in [5.41, 5.74) is 2.95. The summed E-state index contributed by atoms with van der Waals surface area (Å²) in [6.07, 6.45) is 2.51. The largest absolute Gasteiger partial charge is 0.480 e. The normalized spacial score (nSPS) is 12.0. The molecule has 1 atom stereocenters. The highest BCUT2D eigenvalue weighted by atomic mass is 32.2. The van der Waals surface area contributed by atoms with Crippen LogP contribution in [0.1, 0.15) is 5.56 Å². The van der Waals surface area contributed by atoms with E-state index in [1.165, 1.54) is 0 Å². The van der Waals surface area contributed by atoms with E-state index < -0.39 is 28.1 Å². The third kappa shape index (κ3) is 6.89. The van der Waals surface area contributed by atoms with Gasteiger partial charge in [-0.05, 0) is 47.4 Å². The Morgan fingerprint density at radius 3 is 2.34 bits per heavy atom. The van der Waals surface area contributed by atoms with Crippen molar-refractivity contribution in [3.63, 3.8) is 0 Å². The van der Waals surface area contributed by atoms with Crippen molar-refractivity contribution in [1.82, 2.24) is 9.71 Å². The number of carboxylic acid groups (broad SMARTS) is 1. The first-order chi connectivity index (χ1) is 15.2. The first-order valence-electron chi connectivity index (χ1n) is 9.58. The molecule has 0 saturated heterocycles. The van der Waals surface area contributed by atoms with Crippen LogP contribution in [0, 0.1) is 0 Å². The maximum Gasteiger partial charge on any atom is 0.324 e. The molecule has 2 aromatic carbocycles. The summed E-state index contributed by atoms with van der Waals surface area (Å²) in [5.74, 6) is -0.816. The lowest BCUT2D eigenvalue weighted by Crippen LogP contribution is -2.41. The highest BCUT2D eigenvalue weighted by molar-refractivity contribution is 7.88. The van der Waals surface area contributed by atoms with Gasteiger partial charge in [-0.3, -0.25) is 10.1 Å². The first kappa shape index (κ1) is 22.9. The number of amides is 2. The SMILES string of the molecule is CS(=O)(=O)N[C@@H](Cc1ccc(-c2cccc(NC(=O)Nc3ccccn3)c2)cc1)C(=O)O. The zero-order valence-electron chi connectivity index (χ0n) is 17.1. The fraction of sp³-hybridized carbons (Fsp3) is 0.136. The molecule has 0 bridgehead atoms. The van der Waals surface area contributed by atoms with Crippen LogP contribution in [0.2, 0.25) is 0 Å². The Bertz CT molecular complexity index is 1200. The Kier molecular flexibility index (Phi) is 7.18. The van der Waals surface area contributed by atoms with Crippen LogP contribution in [0.4, 0.5) is 16.3 Å². The van der Waals surface area contributed by atoms with Crippen molar-refractivity contribution in [2.75, 3.05) is 16.9 Å². The number of pyridine rings is 1. The second kappa shape index (κ2) is 10.0. The number of carbonyl (C=O) groups excluding carboxylic acids is 1. The summed E-state index contributed by atoms with van der Waals surface area (Å²) in [6.45, 7) is 0. The van der Waals surface area contributed by atoms with Crippen molar-refractivity contribution >= 4 is 33.5 Å². The lowest BCUT2D eigenvalue weighted by molar-refractivity contribution is -0.138. The molecule has 0 saturated carbocycles. The zero-order chi connectivity index (χ0) is 23.1. The monoisotopic (exact) mass is 454 g/mol. The maximum atomic E-state index is 12.2. The van der Waals surface area contributed by atoms with Crippen LogP contribution in [-0.4, -0.2) is 42.8 Å². The summed E-state index contributed by atoms with van der Waals surface area (Å²) in [5, 5.41) is 14.6. The molecule has 0 aliphatic carbocycles. The second-order valence-corrected chi connectivity index (χ2v) is 8.84. The standard InChI is InChI=1S/C22H22N4O5S/c1-32(30,31)26-19(21(27)28)13-15-8-10-16(11-9-15)17-5-4-6-18(14-17)24-22(29)25-20-7-2-3-12-23-20/h2-12,14,19,26H,13H2,1H3,(H,27,28)(H2,23,24,25,29)/t19-/m0/s1. The Morgan fingerprint density at radius 2 is 1.72 bits per heavy atom. The number of benzene rings is 2. The molecule has 0 aliphatic rings. The summed E-state index contributed by atoms with van der Waals surface area (Å²) < 4.78 is 24.9. The smallest absolute Gasteiger partial charge is 0.324 e. The van der Waals surface area contributed by atoms with E-state index in [1.54, 1.807) is 54.7 Å². The van der Waals surface area contributed by atoms with Gasteiger partial charge in [-0.25, -0.2) is 22.9 Å². The van der Waals surface area contributed by atoms with E-state index in [-0.39, 0.29) is 6.42 Å². The van der Waals surface area contributed by atoms with Crippen LogP contribution >= 0.6 is 0 Å². The van der Waals surface area contributed by atoms with Gasteiger partial charge >= 0.3 is 12.0 Å². The number of urea groups is 1. The molecule has 0 radical (unpaired) electrons. The molecule has 0 aliphatic heterocycles. The van der Waals surface area contributed by atoms with E-state index in [9.17, 15) is 23.1 Å². The summed E-state index contributed by atoms with van der Waals surface area (Å²) >= 11 is 0. The number of hydrogen-bond acceptors (Lipinski definition) is 5. The van der Waals surface area contributed by atoms with Gasteiger partial charge in [0.05, 0.1) is 6.26 Å². The molecule has 1 aromatic heterocycles. The van der Waals surface area contributed by atoms with Crippen molar-refractivity contribution in [2.45, 2.75) is 12.5 Å². The summed E-state index contributed by atoms with van der Waals surface area (Å²) in [7, 11) is -3.65. The number of sulfonamides is 1. The van der Waals surface area contributed by atoms with Crippen molar-refractivity contribution in [3.8, 4) is 11.1 Å². The van der Waals surface area contributed by atoms with E-state index in [0.29, 0.717) is 17.1 Å². The lowest BCUT2D eigenvalue weighted by atomic mass is 10.0. The third-order valence-electron chi connectivity index (χ3n) is 4.41. The first-order valence-corrected chi connectivity index (χ1v) is 11.5. The molecular formula is C22H22N4O5S. The Labute approximate surface area is 185 Å². The van der Waals surface area contributed by atoms with Crippen molar-refractivity contribution in [3.05, 3.63) is 78.5 Å². The number of carbonyl (C=O) groups is 2. The Hall–Kier alpha value is -3.76. The fourth-order valence-electron chi connectivity index (χ4n) is 3.00. The molecule has 1 heterocycles.